The number of H-pyrrole nitrogens is 1. The Morgan fingerprint density at radius 2 is 2.05 bits per heavy atom. The van der Waals surface area contributed by atoms with Crippen LogP contribution in [0.4, 0.5) is 4.39 Å². The number of aromatic nitrogens is 1. The van der Waals surface area contributed by atoms with Gasteiger partial charge in [-0.1, -0.05) is 17.7 Å². The standard InChI is InChI=1S/C16H16ClFN2O2/c1-9-6-10(2)20-16(22)12(9)8-19-15(21)7-11-13(17)4-3-5-14(11)18/h3-6H,7-8H2,1-2H3,(H,19,21)(H,20,22). The molecule has 2 aromatic rings. The average molecular weight is 323 g/mol. The number of hydrogen-bond acceptors (Lipinski definition) is 2. The molecule has 22 heavy (non-hydrogen) atoms. The van der Waals surface area contributed by atoms with Crippen molar-refractivity contribution in [3.8, 4) is 0 Å². The van der Waals surface area contributed by atoms with Gasteiger partial charge >= 0.3 is 0 Å². The zero-order valence-corrected chi connectivity index (χ0v) is 13.1. The number of pyridine rings is 1. The van der Waals surface area contributed by atoms with E-state index in [1.165, 1.54) is 18.2 Å². The highest BCUT2D eigenvalue weighted by molar-refractivity contribution is 6.31. The molecule has 1 heterocycles. The Bertz CT molecular complexity index is 751. The zero-order valence-electron chi connectivity index (χ0n) is 12.3. The van der Waals surface area contributed by atoms with Crippen LogP contribution in [0.5, 0.6) is 0 Å². The SMILES string of the molecule is Cc1cc(C)c(CNC(=O)Cc2c(F)cccc2Cl)c(=O)[nH]1. The second-order valence-electron chi connectivity index (χ2n) is 5.10. The summed E-state index contributed by atoms with van der Waals surface area (Å²) < 4.78 is 13.6. The van der Waals surface area contributed by atoms with Gasteiger partial charge in [-0.25, -0.2) is 4.39 Å². The molecule has 1 aromatic carbocycles. The third-order valence-corrected chi connectivity index (χ3v) is 3.71. The van der Waals surface area contributed by atoms with Gasteiger partial charge in [0.15, 0.2) is 0 Å². The molecule has 0 fully saturated rings. The third-order valence-electron chi connectivity index (χ3n) is 3.36. The van der Waals surface area contributed by atoms with E-state index in [1.807, 2.05) is 6.07 Å². The van der Waals surface area contributed by atoms with Crippen LogP contribution < -0.4 is 10.9 Å². The van der Waals surface area contributed by atoms with E-state index in [-0.39, 0.29) is 29.1 Å². The van der Waals surface area contributed by atoms with E-state index in [0.717, 1.165) is 11.3 Å². The zero-order chi connectivity index (χ0) is 16.3. The van der Waals surface area contributed by atoms with Crippen LogP contribution in [0.2, 0.25) is 5.02 Å². The molecular formula is C16H16ClFN2O2. The number of halogens is 2. The summed E-state index contributed by atoms with van der Waals surface area (Å²) >= 11 is 5.88. The second kappa shape index (κ2) is 6.75. The molecule has 1 aromatic heterocycles. The molecule has 0 radical (unpaired) electrons. The van der Waals surface area contributed by atoms with E-state index < -0.39 is 11.7 Å². The largest absolute Gasteiger partial charge is 0.352 e. The lowest BCUT2D eigenvalue weighted by Crippen LogP contribution is -2.29. The van der Waals surface area contributed by atoms with Gasteiger partial charge in [0, 0.05) is 28.4 Å². The number of carbonyl (C=O) groups is 1. The fraction of sp³-hybridized carbons (Fsp3) is 0.250. The Labute approximate surface area is 132 Å². The van der Waals surface area contributed by atoms with E-state index in [1.54, 1.807) is 13.8 Å². The van der Waals surface area contributed by atoms with Gasteiger partial charge in [-0.3, -0.25) is 9.59 Å². The van der Waals surface area contributed by atoms with Gasteiger partial charge in [0.2, 0.25) is 5.91 Å². The molecule has 1 amide bonds. The van der Waals surface area contributed by atoms with Crippen LogP contribution >= 0.6 is 11.6 Å². The van der Waals surface area contributed by atoms with Crippen LogP contribution in [0, 0.1) is 19.7 Å². The molecule has 0 aliphatic heterocycles. The first-order valence-corrected chi connectivity index (χ1v) is 7.15. The van der Waals surface area contributed by atoms with Gasteiger partial charge < -0.3 is 10.3 Å². The van der Waals surface area contributed by atoms with Crippen molar-refractivity contribution in [1.82, 2.24) is 10.3 Å². The highest BCUT2D eigenvalue weighted by atomic mass is 35.5. The molecule has 2 rings (SSSR count). The van der Waals surface area contributed by atoms with Crippen molar-refractivity contribution in [3.63, 3.8) is 0 Å². The van der Waals surface area contributed by atoms with Gasteiger partial charge in [0.05, 0.1) is 6.42 Å². The molecule has 2 N–H and O–H groups in total. The summed E-state index contributed by atoms with van der Waals surface area (Å²) in [6.45, 7) is 3.68. The number of aryl methyl sites for hydroxylation is 2. The summed E-state index contributed by atoms with van der Waals surface area (Å²) in [4.78, 5) is 26.5. The minimum atomic E-state index is -0.521. The van der Waals surface area contributed by atoms with Crippen molar-refractivity contribution in [1.29, 1.82) is 0 Å². The minimum absolute atomic E-state index is 0.0896. The third kappa shape index (κ3) is 3.74. The van der Waals surface area contributed by atoms with Crippen molar-refractivity contribution in [2.24, 2.45) is 0 Å². The van der Waals surface area contributed by atoms with Crippen molar-refractivity contribution in [3.05, 3.63) is 67.8 Å². The summed E-state index contributed by atoms with van der Waals surface area (Å²) in [5, 5.41) is 2.83. The van der Waals surface area contributed by atoms with Gasteiger partial charge in [-0.05, 0) is 37.6 Å². The monoisotopic (exact) mass is 322 g/mol. The summed E-state index contributed by atoms with van der Waals surface area (Å²) in [6, 6.07) is 6.09. The minimum Gasteiger partial charge on any atom is -0.352 e. The number of hydrogen-bond donors (Lipinski definition) is 2. The number of amides is 1. The lowest BCUT2D eigenvalue weighted by molar-refractivity contribution is -0.120. The van der Waals surface area contributed by atoms with Crippen LogP contribution in [0.3, 0.4) is 0 Å². The topological polar surface area (TPSA) is 62.0 Å². The van der Waals surface area contributed by atoms with Crippen LogP contribution in [0.15, 0.2) is 29.1 Å². The van der Waals surface area contributed by atoms with E-state index in [4.69, 9.17) is 11.6 Å². The van der Waals surface area contributed by atoms with Crippen molar-refractivity contribution in [2.45, 2.75) is 26.8 Å². The highest BCUT2D eigenvalue weighted by Gasteiger charge is 2.13. The Morgan fingerprint density at radius 3 is 2.68 bits per heavy atom. The first-order chi connectivity index (χ1) is 10.4. The Morgan fingerprint density at radius 1 is 1.32 bits per heavy atom. The normalized spacial score (nSPS) is 10.5. The molecule has 116 valence electrons. The first kappa shape index (κ1) is 16.2. The lowest BCUT2D eigenvalue weighted by Gasteiger charge is -2.09. The maximum Gasteiger partial charge on any atom is 0.253 e. The average Bonchev–Trinajstić information content (AvgIpc) is 2.42. The molecule has 6 heteroatoms. The fourth-order valence-electron chi connectivity index (χ4n) is 2.21. The predicted molar refractivity (Wildman–Crippen MR) is 83.5 cm³/mol. The van der Waals surface area contributed by atoms with Crippen molar-refractivity contribution in [2.75, 3.05) is 0 Å². The van der Waals surface area contributed by atoms with Gasteiger partial charge in [-0.15, -0.1) is 0 Å². The molecule has 0 aliphatic rings. The predicted octanol–water partition coefficient (Wildman–Crippen LogP) is 2.64. The maximum absolute atomic E-state index is 13.6. The summed E-state index contributed by atoms with van der Waals surface area (Å²) in [5.74, 6) is -0.918. The summed E-state index contributed by atoms with van der Waals surface area (Å²) in [7, 11) is 0. The van der Waals surface area contributed by atoms with E-state index >= 15 is 0 Å². The smallest absolute Gasteiger partial charge is 0.253 e. The van der Waals surface area contributed by atoms with Crippen molar-refractivity contribution < 1.29 is 9.18 Å². The van der Waals surface area contributed by atoms with E-state index in [9.17, 15) is 14.0 Å². The number of rotatable bonds is 4. The lowest BCUT2D eigenvalue weighted by atomic mass is 10.1. The Hall–Kier alpha value is -2.14. The number of aromatic amines is 1. The number of carbonyl (C=O) groups excluding carboxylic acids is 1. The molecule has 0 saturated carbocycles. The molecule has 0 saturated heterocycles. The van der Waals surface area contributed by atoms with Crippen LogP contribution in [0.1, 0.15) is 22.4 Å². The fourth-order valence-corrected chi connectivity index (χ4v) is 2.44. The van der Waals surface area contributed by atoms with Crippen LogP contribution in [0.25, 0.3) is 0 Å². The summed E-state index contributed by atoms with van der Waals surface area (Å²) in [5.41, 5.74) is 1.96. The molecule has 4 nitrogen and oxygen atoms in total. The summed E-state index contributed by atoms with van der Waals surface area (Å²) in [6.07, 6.45) is -0.172. The molecule has 0 unspecified atom stereocenters. The van der Waals surface area contributed by atoms with Crippen LogP contribution in [-0.2, 0) is 17.8 Å². The van der Waals surface area contributed by atoms with E-state index in [0.29, 0.717) is 5.56 Å². The molecular weight excluding hydrogens is 307 g/mol. The first-order valence-electron chi connectivity index (χ1n) is 6.77. The Balaban J connectivity index is 2.07. The maximum atomic E-state index is 13.6. The molecule has 0 bridgehead atoms. The second-order valence-corrected chi connectivity index (χ2v) is 5.50. The van der Waals surface area contributed by atoms with Gasteiger partial charge in [0.1, 0.15) is 5.82 Å². The Kier molecular flexibility index (Phi) is 4.98. The molecule has 0 atom stereocenters. The van der Waals surface area contributed by atoms with E-state index in [2.05, 4.69) is 10.3 Å². The van der Waals surface area contributed by atoms with Crippen LogP contribution in [-0.4, -0.2) is 10.9 Å². The molecule has 0 aliphatic carbocycles. The van der Waals surface area contributed by atoms with Gasteiger partial charge in [-0.2, -0.15) is 0 Å². The molecule has 0 spiro atoms. The van der Waals surface area contributed by atoms with Crippen molar-refractivity contribution >= 4 is 17.5 Å². The van der Waals surface area contributed by atoms with Gasteiger partial charge in [0.25, 0.3) is 5.56 Å². The number of nitrogens with one attached hydrogen (secondary N) is 2. The number of benzene rings is 1. The quantitative estimate of drug-likeness (QED) is 0.909. The highest BCUT2D eigenvalue weighted by Crippen LogP contribution is 2.19.